The van der Waals surface area contributed by atoms with Crippen molar-refractivity contribution in [3.63, 3.8) is 0 Å². The molecule has 1 aliphatic heterocycles. The number of aromatic nitrogens is 3. The third-order valence-corrected chi connectivity index (χ3v) is 3.91. The first-order valence-corrected chi connectivity index (χ1v) is 8.26. The van der Waals surface area contributed by atoms with Crippen molar-refractivity contribution >= 4 is 29.2 Å². The molecule has 2 atom stereocenters. The number of anilines is 3. The summed E-state index contributed by atoms with van der Waals surface area (Å²) in [7, 11) is 0. The van der Waals surface area contributed by atoms with E-state index in [1.54, 1.807) is 12.1 Å². The van der Waals surface area contributed by atoms with Crippen molar-refractivity contribution in [2.45, 2.75) is 32.6 Å². The van der Waals surface area contributed by atoms with Gasteiger partial charge in [-0.05, 0) is 38.1 Å². The molecule has 0 bridgehead atoms. The lowest BCUT2D eigenvalue weighted by Gasteiger charge is -2.34. The molecule has 1 aromatic heterocycles. The van der Waals surface area contributed by atoms with Gasteiger partial charge in [-0.2, -0.15) is 15.0 Å². The van der Waals surface area contributed by atoms with E-state index >= 15 is 0 Å². The minimum absolute atomic E-state index is 0.194. The zero-order valence-corrected chi connectivity index (χ0v) is 14.5. The molecule has 2 unspecified atom stereocenters. The normalized spacial score (nSPS) is 21.6. The van der Waals surface area contributed by atoms with Crippen molar-refractivity contribution in [1.82, 2.24) is 19.9 Å². The van der Waals surface area contributed by atoms with E-state index in [9.17, 15) is 0 Å². The van der Waals surface area contributed by atoms with Crippen molar-refractivity contribution in [1.29, 1.82) is 0 Å². The summed E-state index contributed by atoms with van der Waals surface area (Å²) in [6, 6.07) is 7.30. The Labute approximate surface area is 146 Å². The Kier molecular flexibility index (Phi) is 5.13. The van der Waals surface area contributed by atoms with Gasteiger partial charge in [0, 0.05) is 23.8 Å². The molecule has 1 aliphatic rings. The van der Waals surface area contributed by atoms with Crippen molar-refractivity contribution in [2.24, 2.45) is 0 Å². The third kappa shape index (κ3) is 4.53. The van der Waals surface area contributed by atoms with E-state index in [-0.39, 0.29) is 18.2 Å². The van der Waals surface area contributed by atoms with E-state index in [1.165, 1.54) is 0 Å². The zero-order chi connectivity index (χ0) is 17.1. The highest BCUT2D eigenvalue weighted by Gasteiger charge is 2.23. The number of morpholine rings is 1. The summed E-state index contributed by atoms with van der Waals surface area (Å²) in [5, 5.41) is 3.80. The number of hydrogen-bond acceptors (Lipinski definition) is 7. The molecule has 1 aromatic carbocycles. The van der Waals surface area contributed by atoms with Crippen LogP contribution in [0.25, 0.3) is 0 Å². The average molecular weight is 349 g/mol. The van der Waals surface area contributed by atoms with E-state index in [4.69, 9.17) is 22.1 Å². The Morgan fingerprint density at radius 1 is 1.17 bits per heavy atom. The Hall–Kier alpha value is -1.96. The first-order chi connectivity index (χ1) is 11.5. The molecule has 128 valence electrons. The Morgan fingerprint density at radius 2 is 1.83 bits per heavy atom. The number of benzene rings is 1. The average Bonchev–Trinajstić information content (AvgIpc) is 2.48. The molecule has 8 heteroatoms. The van der Waals surface area contributed by atoms with Gasteiger partial charge >= 0.3 is 0 Å². The number of nitrogens with two attached hydrogens (primary N) is 1. The SMILES string of the molecule is CC1CN(Cc2nc(N)nc(Nc3ccc(Cl)cc3)n2)CC(C)O1. The fourth-order valence-electron chi connectivity index (χ4n) is 2.84. The minimum atomic E-state index is 0.194. The van der Waals surface area contributed by atoms with Crippen molar-refractivity contribution in [3.8, 4) is 0 Å². The van der Waals surface area contributed by atoms with Gasteiger partial charge in [0.25, 0.3) is 0 Å². The van der Waals surface area contributed by atoms with Gasteiger partial charge in [-0.25, -0.2) is 0 Å². The molecule has 1 saturated heterocycles. The Balaban J connectivity index is 1.72. The quantitative estimate of drug-likeness (QED) is 0.877. The number of ether oxygens (including phenoxy) is 1. The number of nitrogen functional groups attached to an aromatic ring is 1. The van der Waals surface area contributed by atoms with Gasteiger partial charge in [0.15, 0.2) is 0 Å². The van der Waals surface area contributed by atoms with Crippen LogP contribution in [0, 0.1) is 0 Å². The smallest absolute Gasteiger partial charge is 0.232 e. The van der Waals surface area contributed by atoms with E-state index in [0.29, 0.717) is 23.3 Å². The first kappa shape index (κ1) is 16.9. The molecule has 0 spiro atoms. The van der Waals surface area contributed by atoms with Crippen molar-refractivity contribution in [3.05, 3.63) is 35.1 Å². The standard InChI is InChI=1S/C16H21ClN6O/c1-10-7-23(8-11(2)24-10)9-14-20-15(18)22-16(21-14)19-13-5-3-12(17)4-6-13/h3-6,10-11H,7-9H2,1-2H3,(H3,18,19,20,21,22). The van der Waals surface area contributed by atoms with Crippen molar-refractivity contribution < 1.29 is 4.74 Å². The van der Waals surface area contributed by atoms with Gasteiger partial charge < -0.3 is 15.8 Å². The molecule has 1 fully saturated rings. The fraction of sp³-hybridized carbons (Fsp3) is 0.438. The lowest BCUT2D eigenvalue weighted by molar-refractivity contribution is -0.0710. The predicted molar refractivity (Wildman–Crippen MR) is 94.3 cm³/mol. The summed E-state index contributed by atoms with van der Waals surface area (Å²) in [5.41, 5.74) is 6.67. The number of hydrogen-bond donors (Lipinski definition) is 2. The Bertz CT molecular complexity index is 685. The molecule has 3 N–H and O–H groups in total. The van der Waals surface area contributed by atoms with Gasteiger partial charge in [-0.15, -0.1) is 0 Å². The summed E-state index contributed by atoms with van der Waals surface area (Å²) in [4.78, 5) is 15.1. The lowest BCUT2D eigenvalue weighted by atomic mass is 10.2. The van der Waals surface area contributed by atoms with E-state index < -0.39 is 0 Å². The molecule has 0 saturated carbocycles. The molecule has 0 aliphatic carbocycles. The second-order valence-electron chi connectivity index (χ2n) is 6.02. The third-order valence-electron chi connectivity index (χ3n) is 3.66. The van der Waals surface area contributed by atoms with Crippen LogP contribution in [0.5, 0.6) is 0 Å². The maximum atomic E-state index is 5.89. The summed E-state index contributed by atoms with van der Waals surface area (Å²) < 4.78 is 5.75. The first-order valence-electron chi connectivity index (χ1n) is 7.89. The predicted octanol–water partition coefficient (Wildman–Crippen LogP) is 2.46. The lowest BCUT2D eigenvalue weighted by Crippen LogP contribution is -2.45. The molecular weight excluding hydrogens is 328 g/mol. The van der Waals surface area contributed by atoms with Crippen LogP contribution in [-0.4, -0.2) is 45.1 Å². The molecule has 2 aromatic rings. The van der Waals surface area contributed by atoms with Crippen LogP contribution in [0.1, 0.15) is 19.7 Å². The maximum absolute atomic E-state index is 5.89. The maximum Gasteiger partial charge on any atom is 0.232 e. The Morgan fingerprint density at radius 3 is 2.50 bits per heavy atom. The molecule has 3 rings (SSSR count). The second-order valence-corrected chi connectivity index (χ2v) is 6.45. The summed E-state index contributed by atoms with van der Waals surface area (Å²) in [6.45, 7) is 6.43. The topological polar surface area (TPSA) is 89.2 Å². The molecule has 7 nitrogen and oxygen atoms in total. The van der Waals surface area contributed by atoms with Crippen LogP contribution < -0.4 is 11.1 Å². The van der Waals surface area contributed by atoms with Crippen LogP contribution in [-0.2, 0) is 11.3 Å². The van der Waals surface area contributed by atoms with Crippen LogP contribution in [0.4, 0.5) is 17.6 Å². The van der Waals surface area contributed by atoms with Crippen molar-refractivity contribution in [2.75, 3.05) is 24.1 Å². The summed E-state index contributed by atoms with van der Waals surface area (Å²) >= 11 is 5.89. The number of halogens is 1. The van der Waals surface area contributed by atoms with Crippen LogP contribution in [0.2, 0.25) is 5.02 Å². The summed E-state index contributed by atoms with van der Waals surface area (Å²) in [6.07, 6.45) is 0.388. The second kappa shape index (κ2) is 7.29. The zero-order valence-electron chi connectivity index (χ0n) is 13.7. The monoisotopic (exact) mass is 348 g/mol. The highest BCUT2D eigenvalue weighted by Crippen LogP contribution is 2.18. The minimum Gasteiger partial charge on any atom is -0.373 e. The van der Waals surface area contributed by atoms with Crippen LogP contribution in [0.15, 0.2) is 24.3 Å². The molecule has 24 heavy (non-hydrogen) atoms. The fourth-order valence-corrected chi connectivity index (χ4v) is 2.97. The molecular formula is C16H21ClN6O. The largest absolute Gasteiger partial charge is 0.373 e. The number of nitrogens with one attached hydrogen (secondary N) is 1. The van der Waals surface area contributed by atoms with Gasteiger partial charge in [-0.3, -0.25) is 4.90 Å². The summed E-state index contributed by atoms with van der Waals surface area (Å²) in [5.74, 6) is 1.26. The van der Waals surface area contributed by atoms with Gasteiger partial charge in [0.2, 0.25) is 11.9 Å². The van der Waals surface area contributed by atoms with Crippen LogP contribution >= 0.6 is 11.6 Å². The van der Waals surface area contributed by atoms with Gasteiger partial charge in [0.1, 0.15) is 5.82 Å². The molecule has 0 amide bonds. The highest BCUT2D eigenvalue weighted by molar-refractivity contribution is 6.30. The highest BCUT2D eigenvalue weighted by atomic mass is 35.5. The number of nitrogens with zero attached hydrogens (tertiary/aromatic N) is 4. The number of rotatable bonds is 4. The van der Waals surface area contributed by atoms with E-state index in [2.05, 4.69) is 39.0 Å². The molecule has 0 radical (unpaired) electrons. The van der Waals surface area contributed by atoms with E-state index in [1.807, 2.05) is 12.1 Å². The van der Waals surface area contributed by atoms with Crippen LogP contribution in [0.3, 0.4) is 0 Å². The van der Waals surface area contributed by atoms with Gasteiger partial charge in [0.05, 0.1) is 18.8 Å². The van der Waals surface area contributed by atoms with E-state index in [0.717, 1.165) is 18.8 Å². The molecule has 2 heterocycles. The van der Waals surface area contributed by atoms with Gasteiger partial charge in [-0.1, -0.05) is 11.6 Å².